The summed E-state index contributed by atoms with van der Waals surface area (Å²) in [5, 5.41) is 75.2. The molecule has 0 saturated carbocycles. The Kier molecular flexibility index (Phi) is 29.3. The molecule has 1 heterocycles. The van der Waals surface area contributed by atoms with Gasteiger partial charge < -0.3 is 50.5 Å². The smallest absolute Gasteiger partial charge is 0.249 e. The van der Waals surface area contributed by atoms with Crippen molar-refractivity contribution >= 4 is 5.91 Å². The molecule has 302 valence electrons. The second kappa shape index (κ2) is 31.2. The van der Waals surface area contributed by atoms with E-state index >= 15 is 0 Å². The third-order valence-electron chi connectivity index (χ3n) is 10.1. The quantitative estimate of drug-likeness (QED) is 0.0324. The van der Waals surface area contributed by atoms with Crippen LogP contribution in [-0.4, -0.2) is 110 Å². The van der Waals surface area contributed by atoms with Crippen molar-refractivity contribution in [3.05, 3.63) is 12.2 Å². The van der Waals surface area contributed by atoms with E-state index in [1.807, 2.05) is 0 Å². The molecule has 11 nitrogen and oxygen atoms in total. The lowest BCUT2D eigenvalue weighted by Crippen LogP contribution is -2.60. The van der Waals surface area contributed by atoms with Crippen molar-refractivity contribution in [1.82, 2.24) is 5.32 Å². The highest BCUT2D eigenvalue weighted by Gasteiger charge is 2.44. The van der Waals surface area contributed by atoms with E-state index < -0.39 is 74.2 Å². The molecule has 1 rings (SSSR count). The lowest BCUT2D eigenvalue weighted by atomic mass is 9.98. The van der Waals surface area contributed by atoms with E-state index in [0.717, 1.165) is 38.5 Å². The molecule has 1 saturated heterocycles. The number of nitrogens with one attached hydrogen (secondary N) is 1. The zero-order valence-electron chi connectivity index (χ0n) is 32.1. The molecule has 9 unspecified atom stereocenters. The van der Waals surface area contributed by atoms with Crippen LogP contribution in [0, 0.1) is 0 Å². The first-order chi connectivity index (χ1) is 24.7. The highest BCUT2D eigenvalue weighted by molar-refractivity contribution is 5.80. The van der Waals surface area contributed by atoms with Crippen molar-refractivity contribution in [3.8, 4) is 0 Å². The van der Waals surface area contributed by atoms with Gasteiger partial charge in [-0.1, -0.05) is 142 Å². The van der Waals surface area contributed by atoms with E-state index in [1.54, 1.807) is 0 Å². The molecule has 9 atom stereocenters. The average Bonchev–Trinajstić information content (AvgIpc) is 3.13. The minimum atomic E-state index is -1.66. The second-order valence-electron chi connectivity index (χ2n) is 14.7. The standard InChI is InChI=1S/C40H77NO10/c1-3-5-7-9-11-13-15-16-17-18-20-22-24-26-28-33(44)39(49)41-31(30-50-40-38(48)37(47)36(46)34(29-42)51-40)35(45)32(43)27-25-23-21-19-14-12-10-8-6-4-2/h19,21,31-38,40,42-48H,3-18,20,22-30H2,1-2H3,(H,41,49)/b21-19+. The second-order valence-corrected chi connectivity index (χ2v) is 14.7. The number of aliphatic hydroxyl groups is 7. The molecule has 1 aliphatic rings. The van der Waals surface area contributed by atoms with Gasteiger partial charge in [0.15, 0.2) is 6.29 Å². The van der Waals surface area contributed by atoms with E-state index in [2.05, 4.69) is 31.3 Å². The first kappa shape index (κ1) is 47.9. The number of hydrogen-bond donors (Lipinski definition) is 8. The number of rotatable bonds is 33. The first-order valence-electron chi connectivity index (χ1n) is 20.6. The van der Waals surface area contributed by atoms with Gasteiger partial charge in [-0.3, -0.25) is 4.79 Å². The number of carbonyl (C=O) groups is 1. The molecule has 0 aromatic heterocycles. The van der Waals surface area contributed by atoms with Gasteiger partial charge in [0.25, 0.3) is 0 Å². The summed E-state index contributed by atoms with van der Waals surface area (Å²) in [5.74, 6) is -0.708. The number of allylic oxidation sites excluding steroid dienone is 2. The molecule has 1 amide bonds. The minimum Gasteiger partial charge on any atom is -0.394 e. The van der Waals surface area contributed by atoms with Crippen LogP contribution in [0.3, 0.4) is 0 Å². The zero-order chi connectivity index (χ0) is 37.7. The molecule has 0 aromatic carbocycles. The van der Waals surface area contributed by atoms with Crippen LogP contribution in [0.4, 0.5) is 0 Å². The minimum absolute atomic E-state index is 0.258. The van der Waals surface area contributed by atoms with Gasteiger partial charge in [0, 0.05) is 0 Å². The SMILES string of the molecule is CCCCCCC/C=C/CCCC(O)C(O)C(COC1OC(CO)C(O)C(O)C1O)NC(=O)C(O)CCCCCCCCCCCCCCCC. The molecule has 8 N–H and O–H groups in total. The molecule has 0 radical (unpaired) electrons. The van der Waals surface area contributed by atoms with Crippen LogP contribution in [-0.2, 0) is 14.3 Å². The van der Waals surface area contributed by atoms with E-state index in [9.17, 15) is 40.5 Å². The van der Waals surface area contributed by atoms with E-state index in [1.165, 1.54) is 89.9 Å². The fourth-order valence-electron chi connectivity index (χ4n) is 6.56. The Morgan fingerprint density at radius 1 is 0.667 bits per heavy atom. The highest BCUT2D eigenvalue weighted by Crippen LogP contribution is 2.23. The van der Waals surface area contributed by atoms with Crippen molar-refractivity contribution in [2.45, 2.75) is 223 Å². The van der Waals surface area contributed by atoms with Crippen molar-refractivity contribution in [3.63, 3.8) is 0 Å². The number of unbranched alkanes of at least 4 members (excludes halogenated alkanes) is 19. The normalized spacial score (nSPS) is 23.4. The van der Waals surface area contributed by atoms with Gasteiger partial charge in [-0.15, -0.1) is 0 Å². The van der Waals surface area contributed by atoms with Crippen molar-refractivity contribution in [1.29, 1.82) is 0 Å². The summed E-state index contributed by atoms with van der Waals surface area (Å²) in [6, 6.07) is -1.18. The molecule has 0 spiro atoms. The van der Waals surface area contributed by atoms with Gasteiger partial charge in [0.2, 0.25) is 5.91 Å². The number of ether oxygens (including phenoxy) is 2. The molecule has 1 fully saturated rings. The number of amides is 1. The Balaban J connectivity index is 2.54. The van der Waals surface area contributed by atoms with Gasteiger partial charge in [0.05, 0.1) is 25.4 Å². The maximum absolute atomic E-state index is 13.0. The van der Waals surface area contributed by atoms with Crippen molar-refractivity contribution in [2.24, 2.45) is 0 Å². The van der Waals surface area contributed by atoms with Crippen LogP contribution in [0.25, 0.3) is 0 Å². The monoisotopic (exact) mass is 732 g/mol. The summed E-state index contributed by atoms with van der Waals surface area (Å²) < 4.78 is 11.0. The lowest BCUT2D eigenvalue weighted by Gasteiger charge is -2.40. The number of carbonyl (C=O) groups excluding carboxylic acids is 1. The van der Waals surface area contributed by atoms with Crippen LogP contribution in [0.5, 0.6) is 0 Å². The number of aliphatic hydroxyl groups excluding tert-OH is 7. The molecule has 1 aliphatic heterocycles. The summed E-state index contributed by atoms with van der Waals surface area (Å²) in [6.07, 6.45) is 18.5. The predicted molar refractivity (Wildman–Crippen MR) is 201 cm³/mol. The Labute approximate surface area is 309 Å². The summed E-state index contributed by atoms with van der Waals surface area (Å²) in [6.45, 7) is 3.37. The summed E-state index contributed by atoms with van der Waals surface area (Å²) >= 11 is 0. The summed E-state index contributed by atoms with van der Waals surface area (Å²) in [5.41, 5.74) is 0. The lowest BCUT2D eigenvalue weighted by molar-refractivity contribution is -0.303. The maximum Gasteiger partial charge on any atom is 0.249 e. The van der Waals surface area contributed by atoms with Crippen molar-refractivity contribution < 1.29 is 50.0 Å². The molecular weight excluding hydrogens is 654 g/mol. The van der Waals surface area contributed by atoms with Gasteiger partial charge >= 0.3 is 0 Å². The van der Waals surface area contributed by atoms with E-state index in [0.29, 0.717) is 12.8 Å². The van der Waals surface area contributed by atoms with E-state index in [4.69, 9.17) is 9.47 Å². The third-order valence-corrected chi connectivity index (χ3v) is 10.1. The number of hydrogen-bond acceptors (Lipinski definition) is 10. The molecule has 0 bridgehead atoms. The summed E-state index contributed by atoms with van der Waals surface area (Å²) in [4.78, 5) is 13.0. The molecule has 0 aromatic rings. The molecule has 0 aliphatic carbocycles. The fraction of sp³-hybridized carbons (Fsp3) is 0.925. The van der Waals surface area contributed by atoms with Crippen molar-refractivity contribution in [2.75, 3.05) is 13.2 Å². The van der Waals surface area contributed by atoms with Gasteiger partial charge in [-0.25, -0.2) is 0 Å². The van der Waals surface area contributed by atoms with Crippen LogP contribution in [0.2, 0.25) is 0 Å². The Bertz CT molecular complexity index is 846. The molecule has 51 heavy (non-hydrogen) atoms. The van der Waals surface area contributed by atoms with E-state index in [-0.39, 0.29) is 12.8 Å². The Hall–Kier alpha value is -1.15. The highest BCUT2D eigenvalue weighted by atomic mass is 16.7. The Morgan fingerprint density at radius 2 is 1.16 bits per heavy atom. The summed E-state index contributed by atoms with van der Waals surface area (Å²) in [7, 11) is 0. The average molecular weight is 732 g/mol. The van der Waals surface area contributed by atoms with Crippen LogP contribution in [0.1, 0.15) is 168 Å². The van der Waals surface area contributed by atoms with Gasteiger partial charge in [0.1, 0.15) is 36.6 Å². The topological polar surface area (TPSA) is 189 Å². The van der Waals surface area contributed by atoms with Crippen LogP contribution in [0.15, 0.2) is 12.2 Å². The predicted octanol–water partition coefficient (Wildman–Crippen LogP) is 5.33. The van der Waals surface area contributed by atoms with Crippen LogP contribution >= 0.6 is 0 Å². The molecular formula is C40H77NO10. The Morgan fingerprint density at radius 3 is 1.69 bits per heavy atom. The molecule has 11 heteroatoms. The maximum atomic E-state index is 13.0. The zero-order valence-corrected chi connectivity index (χ0v) is 32.1. The largest absolute Gasteiger partial charge is 0.394 e. The van der Waals surface area contributed by atoms with Crippen LogP contribution < -0.4 is 5.32 Å². The van der Waals surface area contributed by atoms with Gasteiger partial charge in [-0.05, 0) is 38.5 Å². The van der Waals surface area contributed by atoms with Gasteiger partial charge in [-0.2, -0.15) is 0 Å². The fourth-order valence-corrected chi connectivity index (χ4v) is 6.56. The first-order valence-corrected chi connectivity index (χ1v) is 20.6. The third kappa shape index (κ3) is 22.0.